The molecule has 0 aromatic rings. The van der Waals surface area contributed by atoms with Crippen LogP contribution in [0.4, 0.5) is 0 Å². The zero-order chi connectivity index (χ0) is 11.9. The SMILES string of the molecule is CC(C)(C)OC=O.CC1CC(O)CCN1. The van der Waals surface area contributed by atoms with E-state index in [1.165, 1.54) is 0 Å². The first-order chi connectivity index (χ1) is 6.85. The molecule has 4 nitrogen and oxygen atoms in total. The lowest BCUT2D eigenvalue weighted by atomic mass is 10.0. The van der Waals surface area contributed by atoms with Crippen molar-refractivity contribution in [3.05, 3.63) is 0 Å². The summed E-state index contributed by atoms with van der Waals surface area (Å²) in [4.78, 5) is 9.60. The molecule has 0 radical (unpaired) electrons. The fourth-order valence-corrected chi connectivity index (χ4v) is 1.25. The van der Waals surface area contributed by atoms with Crippen LogP contribution in [-0.4, -0.2) is 35.9 Å². The number of carbonyl (C=O) groups excluding carboxylic acids is 1. The van der Waals surface area contributed by atoms with Gasteiger partial charge >= 0.3 is 0 Å². The Bertz CT molecular complexity index is 169. The summed E-state index contributed by atoms with van der Waals surface area (Å²) in [5.41, 5.74) is -0.318. The van der Waals surface area contributed by atoms with Crippen LogP contribution in [0.1, 0.15) is 40.5 Å². The van der Waals surface area contributed by atoms with Gasteiger partial charge in [-0.05, 0) is 47.1 Å². The number of hydrogen-bond donors (Lipinski definition) is 2. The predicted octanol–water partition coefficient (Wildman–Crippen LogP) is 1.08. The van der Waals surface area contributed by atoms with Crippen LogP contribution >= 0.6 is 0 Å². The number of ether oxygens (including phenoxy) is 1. The van der Waals surface area contributed by atoms with Crippen molar-refractivity contribution in [3.63, 3.8) is 0 Å². The van der Waals surface area contributed by atoms with Gasteiger partial charge in [0.1, 0.15) is 5.60 Å². The van der Waals surface area contributed by atoms with Crippen LogP contribution in [0.5, 0.6) is 0 Å². The molecule has 15 heavy (non-hydrogen) atoms. The maximum atomic E-state index is 9.60. The lowest BCUT2D eigenvalue weighted by molar-refractivity contribution is -0.138. The molecule has 0 bridgehead atoms. The molecule has 1 rings (SSSR count). The number of aliphatic hydroxyl groups excluding tert-OH is 1. The van der Waals surface area contributed by atoms with Gasteiger partial charge in [0.05, 0.1) is 6.10 Å². The van der Waals surface area contributed by atoms with Crippen LogP contribution in [-0.2, 0) is 9.53 Å². The topological polar surface area (TPSA) is 58.6 Å². The minimum absolute atomic E-state index is 0.0498. The molecule has 90 valence electrons. The first-order valence-electron chi connectivity index (χ1n) is 5.38. The molecule has 2 N–H and O–H groups in total. The highest BCUT2D eigenvalue weighted by Gasteiger charge is 2.14. The summed E-state index contributed by atoms with van der Waals surface area (Å²) in [7, 11) is 0. The minimum atomic E-state index is -0.318. The fraction of sp³-hybridized carbons (Fsp3) is 0.909. The van der Waals surface area contributed by atoms with Gasteiger partial charge in [-0.1, -0.05) is 0 Å². The zero-order valence-corrected chi connectivity index (χ0v) is 10.1. The molecule has 2 atom stereocenters. The summed E-state index contributed by atoms with van der Waals surface area (Å²) in [6.07, 6.45) is 1.79. The summed E-state index contributed by atoms with van der Waals surface area (Å²) < 4.78 is 4.55. The molecule has 0 aromatic carbocycles. The lowest BCUT2D eigenvalue weighted by Crippen LogP contribution is -2.37. The van der Waals surface area contributed by atoms with E-state index in [0.29, 0.717) is 12.5 Å². The summed E-state index contributed by atoms with van der Waals surface area (Å²) in [6.45, 7) is 8.99. The highest BCUT2D eigenvalue weighted by molar-refractivity contribution is 5.37. The molecule has 0 aliphatic carbocycles. The van der Waals surface area contributed by atoms with E-state index in [-0.39, 0.29) is 11.7 Å². The number of carbonyl (C=O) groups is 1. The van der Waals surface area contributed by atoms with Crippen molar-refractivity contribution in [2.45, 2.75) is 58.3 Å². The quantitative estimate of drug-likeness (QED) is 0.645. The normalized spacial score (nSPS) is 26.2. The molecular weight excluding hydrogens is 194 g/mol. The zero-order valence-electron chi connectivity index (χ0n) is 10.1. The molecule has 0 spiro atoms. The predicted molar refractivity (Wildman–Crippen MR) is 59.6 cm³/mol. The second kappa shape index (κ2) is 6.80. The molecule has 0 amide bonds. The van der Waals surface area contributed by atoms with Crippen molar-refractivity contribution in [2.24, 2.45) is 0 Å². The average Bonchev–Trinajstić information content (AvgIpc) is 2.01. The highest BCUT2D eigenvalue weighted by atomic mass is 16.5. The second-order valence-corrected chi connectivity index (χ2v) is 4.86. The summed E-state index contributed by atoms with van der Waals surface area (Å²) in [6, 6.07) is 0.513. The van der Waals surface area contributed by atoms with Crippen molar-refractivity contribution >= 4 is 6.47 Å². The summed E-state index contributed by atoms with van der Waals surface area (Å²) in [5.74, 6) is 0. The molecule has 0 aromatic heterocycles. The number of aliphatic hydroxyl groups is 1. The van der Waals surface area contributed by atoms with E-state index in [9.17, 15) is 4.79 Å². The Morgan fingerprint density at radius 3 is 2.27 bits per heavy atom. The Morgan fingerprint density at radius 2 is 2.07 bits per heavy atom. The van der Waals surface area contributed by atoms with E-state index >= 15 is 0 Å². The van der Waals surface area contributed by atoms with Crippen molar-refractivity contribution < 1.29 is 14.6 Å². The van der Waals surface area contributed by atoms with Crippen LogP contribution in [0.3, 0.4) is 0 Å². The third kappa shape index (κ3) is 9.69. The maximum absolute atomic E-state index is 9.60. The van der Waals surface area contributed by atoms with Gasteiger partial charge < -0.3 is 15.2 Å². The first kappa shape index (κ1) is 14.4. The van der Waals surface area contributed by atoms with Crippen molar-refractivity contribution in [2.75, 3.05) is 6.54 Å². The molecule has 1 aliphatic rings. The minimum Gasteiger partial charge on any atom is -0.462 e. The van der Waals surface area contributed by atoms with E-state index in [2.05, 4.69) is 17.0 Å². The molecule has 2 unspecified atom stereocenters. The van der Waals surface area contributed by atoms with Crippen molar-refractivity contribution in [3.8, 4) is 0 Å². The van der Waals surface area contributed by atoms with E-state index in [1.54, 1.807) is 0 Å². The lowest BCUT2D eigenvalue weighted by Gasteiger charge is -2.23. The van der Waals surface area contributed by atoms with Gasteiger partial charge in [-0.3, -0.25) is 4.79 Å². The Balaban J connectivity index is 0.000000265. The number of rotatable bonds is 1. The highest BCUT2D eigenvalue weighted by Crippen LogP contribution is 2.06. The number of nitrogens with one attached hydrogen (secondary N) is 1. The van der Waals surface area contributed by atoms with Gasteiger partial charge in [-0.25, -0.2) is 0 Å². The average molecular weight is 217 g/mol. The van der Waals surface area contributed by atoms with Gasteiger partial charge in [0.2, 0.25) is 0 Å². The van der Waals surface area contributed by atoms with Crippen molar-refractivity contribution in [1.82, 2.24) is 5.32 Å². The fourth-order valence-electron chi connectivity index (χ4n) is 1.25. The summed E-state index contributed by atoms with van der Waals surface area (Å²) >= 11 is 0. The standard InChI is InChI=1S/C6H13NO.C5H10O2/c1-5-4-6(8)2-3-7-5;1-5(2,3)7-4-6/h5-8H,2-4H2,1H3;4H,1-3H3. The molecule has 1 heterocycles. The third-order valence-electron chi connectivity index (χ3n) is 2.00. The van der Waals surface area contributed by atoms with Gasteiger partial charge in [-0.15, -0.1) is 0 Å². The molecule has 0 saturated carbocycles. The Hall–Kier alpha value is -0.610. The van der Waals surface area contributed by atoms with Gasteiger partial charge in [-0.2, -0.15) is 0 Å². The van der Waals surface area contributed by atoms with Crippen LogP contribution < -0.4 is 5.32 Å². The van der Waals surface area contributed by atoms with Gasteiger partial charge in [0, 0.05) is 6.04 Å². The van der Waals surface area contributed by atoms with Crippen molar-refractivity contribution in [1.29, 1.82) is 0 Å². The Kier molecular flexibility index (Phi) is 6.52. The molecule has 1 fully saturated rings. The van der Waals surface area contributed by atoms with E-state index in [1.807, 2.05) is 20.8 Å². The Labute approximate surface area is 92.0 Å². The van der Waals surface area contributed by atoms with Crippen LogP contribution in [0.2, 0.25) is 0 Å². The monoisotopic (exact) mass is 217 g/mol. The van der Waals surface area contributed by atoms with Crippen LogP contribution in [0.15, 0.2) is 0 Å². The largest absolute Gasteiger partial charge is 0.462 e. The smallest absolute Gasteiger partial charge is 0.293 e. The molecular formula is C11H23NO3. The van der Waals surface area contributed by atoms with E-state index in [4.69, 9.17) is 5.11 Å². The van der Waals surface area contributed by atoms with Gasteiger partial charge in [0.15, 0.2) is 0 Å². The van der Waals surface area contributed by atoms with Crippen LogP contribution in [0, 0.1) is 0 Å². The Morgan fingerprint density at radius 1 is 1.47 bits per heavy atom. The summed E-state index contributed by atoms with van der Waals surface area (Å²) in [5, 5.41) is 12.3. The molecule has 4 heteroatoms. The third-order valence-corrected chi connectivity index (χ3v) is 2.00. The maximum Gasteiger partial charge on any atom is 0.293 e. The molecule has 1 saturated heterocycles. The first-order valence-corrected chi connectivity index (χ1v) is 5.38. The number of piperidine rings is 1. The molecule has 1 aliphatic heterocycles. The van der Waals surface area contributed by atoms with Crippen LogP contribution in [0.25, 0.3) is 0 Å². The van der Waals surface area contributed by atoms with E-state index in [0.717, 1.165) is 19.4 Å². The van der Waals surface area contributed by atoms with Gasteiger partial charge in [0.25, 0.3) is 6.47 Å². The second-order valence-electron chi connectivity index (χ2n) is 4.86. The number of hydrogen-bond acceptors (Lipinski definition) is 4. The van der Waals surface area contributed by atoms with E-state index < -0.39 is 0 Å².